The summed E-state index contributed by atoms with van der Waals surface area (Å²) in [5.74, 6) is 0.372. The van der Waals surface area contributed by atoms with Crippen LogP contribution < -0.4 is 15.6 Å². The van der Waals surface area contributed by atoms with Crippen LogP contribution in [0.3, 0.4) is 0 Å². The average Bonchev–Trinajstić information content (AvgIpc) is 3.15. The van der Waals surface area contributed by atoms with E-state index in [0.29, 0.717) is 28.2 Å². The van der Waals surface area contributed by atoms with E-state index in [1.54, 1.807) is 34.1 Å². The van der Waals surface area contributed by atoms with Gasteiger partial charge in [-0.3, -0.25) is 14.2 Å². The Balaban J connectivity index is 1.59. The SMILES string of the molecule is C=CCn1c(SCC(=O)Nc2cc(C)c(Cl)cc2OC)nc2sc3c(c2c1=O)CCCC3. The summed E-state index contributed by atoms with van der Waals surface area (Å²) in [5.41, 5.74) is 2.50. The topological polar surface area (TPSA) is 73.2 Å². The highest BCUT2D eigenvalue weighted by Crippen LogP contribution is 2.35. The van der Waals surface area contributed by atoms with Gasteiger partial charge in [-0.1, -0.05) is 29.4 Å². The van der Waals surface area contributed by atoms with E-state index >= 15 is 0 Å². The van der Waals surface area contributed by atoms with E-state index in [4.69, 9.17) is 21.3 Å². The number of thiophene rings is 1. The van der Waals surface area contributed by atoms with Crippen molar-refractivity contribution in [2.24, 2.45) is 0 Å². The molecule has 2 heterocycles. The third kappa shape index (κ3) is 4.44. The van der Waals surface area contributed by atoms with Crippen LogP contribution in [0, 0.1) is 6.92 Å². The maximum Gasteiger partial charge on any atom is 0.263 e. The van der Waals surface area contributed by atoms with Gasteiger partial charge in [-0.05, 0) is 49.8 Å². The number of aromatic nitrogens is 2. The smallest absolute Gasteiger partial charge is 0.263 e. The highest BCUT2D eigenvalue weighted by Gasteiger charge is 2.22. The van der Waals surface area contributed by atoms with Gasteiger partial charge in [-0.15, -0.1) is 17.9 Å². The van der Waals surface area contributed by atoms with Gasteiger partial charge in [0.25, 0.3) is 5.56 Å². The van der Waals surface area contributed by atoms with Gasteiger partial charge in [-0.2, -0.15) is 0 Å². The molecule has 9 heteroatoms. The summed E-state index contributed by atoms with van der Waals surface area (Å²) >= 11 is 8.99. The number of thioether (sulfide) groups is 1. The number of benzene rings is 1. The first kappa shape index (κ1) is 22.9. The molecule has 0 spiro atoms. The lowest BCUT2D eigenvalue weighted by molar-refractivity contribution is -0.113. The Bertz CT molecular complexity index is 1270. The van der Waals surface area contributed by atoms with E-state index in [1.807, 2.05) is 6.92 Å². The predicted molar refractivity (Wildman–Crippen MR) is 133 cm³/mol. The zero-order valence-corrected chi connectivity index (χ0v) is 20.4. The molecule has 6 nitrogen and oxygen atoms in total. The van der Waals surface area contributed by atoms with Gasteiger partial charge in [0.2, 0.25) is 5.91 Å². The summed E-state index contributed by atoms with van der Waals surface area (Å²) in [5, 5.41) is 4.70. The number of hydrogen-bond donors (Lipinski definition) is 1. The number of fused-ring (bicyclic) bond motifs is 3. The van der Waals surface area contributed by atoms with Crippen molar-refractivity contribution in [2.75, 3.05) is 18.2 Å². The molecule has 0 aliphatic heterocycles. The number of nitrogens with one attached hydrogen (secondary N) is 1. The van der Waals surface area contributed by atoms with Gasteiger partial charge in [-0.25, -0.2) is 4.98 Å². The molecule has 1 N–H and O–H groups in total. The number of carbonyl (C=O) groups is 1. The molecule has 1 aliphatic carbocycles. The van der Waals surface area contributed by atoms with Crippen LogP contribution in [0.15, 0.2) is 34.7 Å². The first-order chi connectivity index (χ1) is 15.4. The highest BCUT2D eigenvalue weighted by molar-refractivity contribution is 7.99. The number of methoxy groups -OCH3 is 1. The first-order valence-electron chi connectivity index (χ1n) is 10.4. The second-order valence-corrected chi connectivity index (χ2v) is 10.1. The van der Waals surface area contributed by atoms with Crippen LogP contribution in [0.5, 0.6) is 5.75 Å². The maximum atomic E-state index is 13.3. The highest BCUT2D eigenvalue weighted by atomic mass is 35.5. The zero-order chi connectivity index (χ0) is 22.8. The lowest BCUT2D eigenvalue weighted by Gasteiger charge is -2.13. The molecule has 1 aliphatic rings. The molecule has 2 aromatic heterocycles. The molecule has 1 amide bonds. The first-order valence-corrected chi connectivity index (χ1v) is 12.5. The van der Waals surface area contributed by atoms with Crippen molar-refractivity contribution in [3.8, 4) is 5.75 Å². The second kappa shape index (κ2) is 9.68. The quantitative estimate of drug-likeness (QED) is 0.279. The molecule has 4 rings (SSSR count). The standard InChI is InChI=1S/C23H24ClN3O3S2/c1-4-9-27-22(29)20-14-7-5-6-8-18(14)32-21(20)26-23(27)31-12-19(28)25-16-10-13(2)15(24)11-17(16)30-3/h4,10-11H,1,5-9,12H2,2-3H3,(H,25,28). The Morgan fingerprint density at radius 2 is 2.19 bits per heavy atom. The van der Waals surface area contributed by atoms with Crippen molar-refractivity contribution < 1.29 is 9.53 Å². The Labute approximate surface area is 199 Å². The molecule has 0 fully saturated rings. The van der Waals surface area contributed by atoms with Crippen LogP contribution >= 0.6 is 34.7 Å². The molecule has 0 radical (unpaired) electrons. The molecule has 1 aromatic carbocycles. The van der Waals surface area contributed by atoms with Crippen molar-refractivity contribution in [3.63, 3.8) is 0 Å². The minimum absolute atomic E-state index is 0.0489. The fourth-order valence-electron chi connectivity index (χ4n) is 3.87. The van der Waals surface area contributed by atoms with Gasteiger partial charge in [0.15, 0.2) is 5.16 Å². The molecule has 0 atom stereocenters. The van der Waals surface area contributed by atoms with Crippen LogP contribution in [0.4, 0.5) is 5.69 Å². The van der Waals surface area contributed by atoms with Crippen molar-refractivity contribution in [1.82, 2.24) is 9.55 Å². The number of allylic oxidation sites excluding steroid dienone is 1. The van der Waals surface area contributed by atoms with Crippen LogP contribution in [0.25, 0.3) is 10.2 Å². The summed E-state index contributed by atoms with van der Waals surface area (Å²) < 4.78 is 6.94. The van der Waals surface area contributed by atoms with Crippen LogP contribution in [-0.2, 0) is 24.2 Å². The number of nitrogens with zero attached hydrogens (tertiary/aromatic N) is 2. The molecule has 0 unspecified atom stereocenters. The summed E-state index contributed by atoms with van der Waals surface area (Å²) in [6.45, 7) is 5.99. The molecule has 168 valence electrons. The number of ether oxygens (including phenoxy) is 1. The molecule has 0 saturated carbocycles. The third-order valence-electron chi connectivity index (χ3n) is 5.44. The summed E-state index contributed by atoms with van der Waals surface area (Å²) in [6.07, 6.45) is 5.86. The van der Waals surface area contributed by atoms with Gasteiger partial charge in [0.1, 0.15) is 10.6 Å². The number of amides is 1. The van der Waals surface area contributed by atoms with Crippen molar-refractivity contribution >= 4 is 56.5 Å². The lowest BCUT2D eigenvalue weighted by atomic mass is 9.97. The number of hydrogen-bond acceptors (Lipinski definition) is 6. The molecule has 0 bridgehead atoms. The summed E-state index contributed by atoms with van der Waals surface area (Å²) in [6, 6.07) is 3.45. The third-order valence-corrected chi connectivity index (χ3v) is 8.01. The molecular weight excluding hydrogens is 466 g/mol. The van der Waals surface area contributed by atoms with E-state index < -0.39 is 0 Å². The Kier molecular flexibility index (Phi) is 6.93. The van der Waals surface area contributed by atoms with Gasteiger partial charge >= 0.3 is 0 Å². The average molecular weight is 490 g/mol. The van der Waals surface area contributed by atoms with E-state index in [0.717, 1.165) is 47.0 Å². The lowest BCUT2D eigenvalue weighted by Crippen LogP contribution is -2.24. The van der Waals surface area contributed by atoms with Crippen LogP contribution in [0.1, 0.15) is 28.8 Å². The maximum absolute atomic E-state index is 13.3. The number of carbonyl (C=O) groups excluding carboxylic acids is 1. The summed E-state index contributed by atoms with van der Waals surface area (Å²) in [7, 11) is 1.53. The number of anilines is 1. The Morgan fingerprint density at radius 3 is 2.94 bits per heavy atom. The van der Waals surface area contributed by atoms with Crippen molar-refractivity contribution in [3.05, 3.63) is 56.2 Å². The predicted octanol–water partition coefficient (Wildman–Crippen LogP) is 5.22. The van der Waals surface area contributed by atoms with E-state index in [2.05, 4.69) is 11.9 Å². The number of rotatable bonds is 7. The number of aryl methyl sites for hydroxylation is 3. The zero-order valence-electron chi connectivity index (χ0n) is 18.0. The monoisotopic (exact) mass is 489 g/mol. The minimum atomic E-state index is -0.222. The molecule has 0 saturated heterocycles. The molecule has 3 aromatic rings. The van der Waals surface area contributed by atoms with Crippen LogP contribution in [-0.4, -0.2) is 28.3 Å². The van der Waals surface area contributed by atoms with Crippen molar-refractivity contribution in [1.29, 1.82) is 0 Å². The largest absolute Gasteiger partial charge is 0.495 e. The van der Waals surface area contributed by atoms with E-state index in [1.165, 1.54) is 23.7 Å². The molecule has 32 heavy (non-hydrogen) atoms. The van der Waals surface area contributed by atoms with E-state index in [9.17, 15) is 9.59 Å². The fourth-order valence-corrected chi connectivity index (χ4v) is 6.13. The Hall–Kier alpha value is -2.29. The van der Waals surface area contributed by atoms with Gasteiger partial charge < -0.3 is 10.1 Å². The summed E-state index contributed by atoms with van der Waals surface area (Å²) in [4.78, 5) is 32.8. The van der Waals surface area contributed by atoms with E-state index in [-0.39, 0.29) is 17.2 Å². The fraction of sp³-hybridized carbons (Fsp3) is 0.348. The van der Waals surface area contributed by atoms with Gasteiger partial charge in [0.05, 0.1) is 23.9 Å². The van der Waals surface area contributed by atoms with Crippen LogP contribution in [0.2, 0.25) is 5.02 Å². The second-order valence-electron chi connectivity index (χ2n) is 7.63. The van der Waals surface area contributed by atoms with Crippen molar-refractivity contribution in [2.45, 2.75) is 44.3 Å². The molecular formula is C23H24ClN3O3S2. The normalized spacial score (nSPS) is 13.1. The Morgan fingerprint density at radius 1 is 1.41 bits per heavy atom. The minimum Gasteiger partial charge on any atom is -0.495 e. The van der Waals surface area contributed by atoms with Gasteiger partial charge in [0, 0.05) is 22.5 Å². The number of halogens is 1.